The predicted molar refractivity (Wildman–Crippen MR) is 114 cm³/mol. The van der Waals surface area contributed by atoms with Gasteiger partial charge in [-0.05, 0) is 43.3 Å². The lowest BCUT2D eigenvalue weighted by Gasteiger charge is -2.37. The highest BCUT2D eigenvalue weighted by atomic mass is 16.7. The average molecular weight is 426 g/mol. The Morgan fingerprint density at radius 3 is 2.55 bits per heavy atom. The van der Waals surface area contributed by atoms with Crippen LogP contribution in [0.4, 0.5) is 10.5 Å². The smallest absolute Gasteiger partial charge is 0.321 e. The van der Waals surface area contributed by atoms with Crippen molar-refractivity contribution in [3.63, 3.8) is 0 Å². The molecule has 0 radical (unpaired) electrons. The monoisotopic (exact) mass is 426 g/mol. The van der Waals surface area contributed by atoms with Gasteiger partial charge < -0.3 is 29.5 Å². The minimum absolute atomic E-state index is 0.161. The average Bonchev–Trinajstić information content (AvgIpc) is 3.39. The number of urea groups is 1. The standard InChI is InChI=1S/C22H26N4O5/c1-15-3-6-18(30-15)14-23-20(27)19-13-22(31-25-19)9-11-26(12-10-22)21(28)24-16-4-7-17(29-2)8-5-16/h3-8H,9-14H2,1-2H3,(H,23,27)(H,24,28). The van der Waals surface area contributed by atoms with Crippen molar-refractivity contribution in [2.45, 2.75) is 38.3 Å². The maximum Gasteiger partial charge on any atom is 0.321 e. The van der Waals surface area contributed by atoms with Crippen LogP contribution in [-0.2, 0) is 16.2 Å². The molecule has 0 atom stereocenters. The van der Waals surface area contributed by atoms with Gasteiger partial charge in [-0.2, -0.15) is 0 Å². The Bertz CT molecular complexity index is 974. The topological polar surface area (TPSA) is 105 Å². The van der Waals surface area contributed by atoms with Crippen molar-refractivity contribution in [2.24, 2.45) is 5.16 Å². The first-order valence-corrected chi connectivity index (χ1v) is 10.2. The van der Waals surface area contributed by atoms with Crippen molar-refractivity contribution < 1.29 is 23.6 Å². The third-order valence-electron chi connectivity index (χ3n) is 5.62. The summed E-state index contributed by atoms with van der Waals surface area (Å²) in [5.74, 6) is 1.96. The van der Waals surface area contributed by atoms with Crippen molar-refractivity contribution in [3.8, 4) is 5.75 Å². The molecule has 0 unspecified atom stereocenters. The fraction of sp³-hybridized carbons (Fsp3) is 0.409. The van der Waals surface area contributed by atoms with Crippen molar-refractivity contribution in [2.75, 3.05) is 25.5 Å². The number of hydrogen-bond donors (Lipinski definition) is 2. The number of nitrogens with zero attached hydrogens (tertiary/aromatic N) is 2. The summed E-state index contributed by atoms with van der Waals surface area (Å²) in [5.41, 5.74) is 0.557. The van der Waals surface area contributed by atoms with Crippen LogP contribution in [0.15, 0.2) is 46.0 Å². The SMILES string of the molecule is COc1ccc(NC(=O)N2CCC3(CC2)CC(C(=O)NCc2ccc(C)o2)=NO3)cc1. The number of aryl methyl sites for hydroxylation is 1. The maximum absolute atomic E-state index is 12.6. The minimum atomic E-state index is -0.523. The van der Waals surface area contributed by atoms with E-state index >= 15 is 0 Å². The van der Waals surface area contributed by atoms with Gasteiger partial charge >= 0.3 is 6.03 Å². The molecular weight excluding hydrogens is 400 g/mol. The van der Waals surface area contributed by atoms with Gasteiger partial charge in [-0.15, -0.1) is 0 Å². The molecule has 2 N–H and O–H groups in total. The van der Waals surface area contributed by atoms with Crippen LogP contribution in [0.1, 0.15) is 30.8 Å². The zero-order valence-electron chi connectivity index (χ0n) is 17.6. The molecular formula is C22H26N4O5. The number of piperidine rings is 1. The lowest BCUT2D eigenvalue weighted by atomic mass is 9.87. The Morgan fingerprint density at radius 1 is 1.16 bits per heavy atom. The van der Waals surface area contributed by atoms with E-state index in [1.807, 2.05) is 19.1 Å². The van der Waals surface area contributed by atoms with Crippen LogP contribution in [-0.4, -0.2) is 48.4 Å². The summed E-state index contributed by atoms with van der Waals surface area (Å²) in [6, 6.07) is 10.7. The van der Waals surface area contributed by atoms with Crippen molar-refractivity contribution >= 4 is 23.3 Å². The van der Waals surface area contributed by atoms with Crippen molar-refractivity contribution in [3.05, 3.63) is 47.9 Å². The van der Waals surface area contributed by atoms with E-state index in [2.05, 4.69) is 15.8 Å². The van der Waals surface area contributed by atoms with Gasteiger partial charge in [0.2, 0.25) is 0 Å². The molecule has 4 rings (SSSR count). The van der Waals surface area contributed by atoms with E-state index in [1.165, 1.54) is 0 Å². The molecule has 0 bridgehead atoms. The van der Waals surface area contributed by atoms with Gasteiger partial charge in [-0.1, -0.05) is 5.16 Å². The molecule has 9 nitrogen and oxygen atoms in total. The van der Waals surface area contributed by atoms with Crippen LogP contribution in [0.25, 0.3) is 0 Å². The number of ether oxygens (including phenoxy) is 1. The van der Waals surface area contributed by atoms with Crippen LogP contribution in [0.5, 0.6) is 5.75 Å². The predicted octanol–water partition coefficient (Wildman–Crippen LogP) is 3.06. The number of benzene rings is 1. The number of methoxy groups -OCH3 is 1. The highest BCUT2D eigenvalue weighted by Crippen LogP contribution is 2.35. The lowest BCUT2D eigenvalue weighted by Crippen LogP contribution is -2.48. The molecule has 164 valence electrons. The number of oxime groups is 1. The molecule has 1 fully saturated rings. The van der Waals surface area contributed by atoms with Gasteiger partial charge in [-0.3, -0.25) is 4.79 Å². The van der Waals surface area contributed by atoms with Crippen molar-refractivity contribution in [1.82, 2.24) is 10.2 Å². The normalized spacial score (nSPS) is 17.1. The first-order valence-electron chi connectivity index (χ1n) is 10.2. The highest BCUT2D eigenvalue weighted by molar-refractivity contribution is 6.39. The molecule has 0 saturated carbocycles. The molecule has 3 heterocycles. The summed E-state index contributed by atoms with van der Waals surface area (Å²) in [5, 5.41) is 9.73. The third-order valence-corrected chi connectivity index (χ3v) is 5.62. The number of nitrogens with one attached hydrogen (secondary N) is 2. The quantitative estimate of drug-likeness (QED) is 0.765. The first kappa shape index (κ1) is 20.8. The Labute approximate surface area is 180 Å². The van der Waals surface area contributed by atoms with E-state index in [-0.39, 0.29) is 11.9 Å². The largest absolute Gasteiger partial charge is 0.497 e. The van der Waals surface area contributed by atoms with E-state index in [4.69, 9.17) is 14.0 Å². The lowest BCUT2D eigenvalue weighted by molar-refractivity contribution is -0.115. The Balaban J connectivity index is 1.24. The second kappa shape index (κ2) is 8.71. The fourth-order valence-corrected chi connectivity index (χ4v) is 3.76. The van der Waals surface area contributed by atoms with Gasteiger partial charge in [0.05, 0.1) is 13.7 Å². The van der Waals surface area contributed by atoms with Crippen LogP contribution < -0.4 is 15.4 Å². The number of rotatable bonds is 5. The Kier molecular flexibility index (Phi) is 5.83. The molecule has 1 aromatic heterocycles. The number of carbonyl (C=O) groups is 2. The van der Waals surface area contributed by atoms with E-state index < -0.39 is 5.60 Å². The van der Waals surface area contributed by atoms with Crippen LogP contribution in [0.2, 0.25) is 0 Å². The zero-order chi connectivity index (χ0) is 21.8. The van der Waals surface area contributed by atoms with Crippen LogP contribution >= 0.6 is 0 Å². The summed E-state index contributed by atoms with van der Waals surface area (Å²) in [4.78, 5) is 32.4. The number of furan rings is 1. The second-order valence-corrected chi connectivity index (χ2v) is 7.83. The number of carbonyl (C=O) groups excluding carboxylic acids is 2. The van der Waals surface area contributed by atoms with E-state index in [1.54, 1.807) is 36.3 Å². The van der Waals surface area contributed by atoms with Crippen molar-refractivity contribution in [1.29, 1.82) is 0 Å². The van der Waals surface area contributed by atoms with Crippen LogP contribution in [0.3, 0.4) is 0 Å². The molecule has 1 saturated heterocycles. The van der Waals surface area contributed by atoms with Crippen LogP contribution in [0, 0.1) is 6.92 Å². The number of likely N-dealkylation sites (tertiary alicyclic amines) is 1. The summed E-state index contributed by atoms with van der Waals surface area (Å²) < 4.78 is 10.6. The Morgan fingerprint density at radius 2 is 1.90 bits per heavy atom. The summed E-state index contributed by atoms with van der Waals surface area (Å²) >= 11 is 0. The van der Waals surface area contributed by atoms with E-state index in [0.29, 0.717) is 56.1 Å². The van der Waals surface area contributed by atoms with Gasteiger partial charge in [0.1, 0.15) is 28.6 Å². The van der Waals surface area contributed by atoms with Gasteiger partial charge in [0, 0.05) is 38.0 Å². The second-order valence-electron chi connectivity index (χ2n) is 7.83. The fourth-order valence-electron chi connectivity index (χ4n) is 3.76. The number of anilines is 1. The van der Waals surface area contributed by atoms with E-state index in [0.717, 1.165) is 11.5 Å². The number of hydrogen-bond acceptors (Lipinski definition) is 6. The molecule has 3 amide bonds. The van der Waals surface area contributed by atoms with Gasteiger partial charge in [0.15, 0.2) is 0 Å². The Hall–Kier alpha value is -3.49. The minimum Gasteiger partial charge on any atom is -0.497 e. The maximum atomic E-state index is 12.6. The summed E-state index contributed by atoms with van der Waals surface area (Å²) in [6.45, 7) is 3.21. The zero-order valence-corrected chi connectivity index (χ0v) is 17.6. The van der Waals surface area contributed by atoms with E-state index in [9.17, 15) is 9.59 Å². The first-order chi connectivity index (χ1) is 15.0. The molecule has 2 aliphatic heterocycles. The molecule has 2 aromatic rings. The molecule has 1 aromatic carbocycles. The molecule has 1 spiro atoms. The molecule has 2 aliphatic rings. The highest BCUT2D eigenvalue weighted by Gasteiger charge is 2.44. The third kappa shape index (κ3) is 4.82. The molecule has 31 heavy (non-hydrogen) atoms. The van der Waals surface area contributed by atoms with Gasteiger partial charge in [0.25, 0.3) is 5.91 Å². The summed E-state index contributed by atoms with van der Waals surface area (Å²) in [7, 11) is 1.60. The number of amides is 3. The molecule has 9 heteroatoms. The molecule has 0 aliphatic carbocycles. The summed E-state index contributed by atoms with van der Waals surface area (Å²) in [6.07, 6.45) is 1.66. The van der Waals surface area contributed by atoms with Gasteiger partial charge in [-0.25, -0.2) is 4.79 Å².